The molecule has 2 rings (SSSR count). The second kappa shape index (κ2) is 4.16. The molecule has 0 spiro atoms. The third-order valence-corrected chi connectivity index (χ3v) is 3.61. The fourth-order valence-corrected chi connectivity index (χ4v) is 2.42. The molecule has 0 aromatic heterocycles. The largest absolute Gasteiger partial charge is 0.481 e. The molecule has 1 aromatic carbocycles. The number of hydrogen-bond donors (Lipinski definition) is 1. The first kappa shape index (κ1) is 13.2. The van der Waals surface area contributed by atoms with Crippen molar-refractivity contribution in [3.63, 3.8) is 0 Å². The van der Waals surface area contributed by atoms with E-state index in [0.717, 1.165) is 12.1 Å². The summed E-state index contributed by atoms with van der Waals surface area (Å²) < 4.78 is 38.0. The molecule has 1 N–H and O–H groups in total. The normalized spacial score (nSPS) is 18.2. The van der Waals surface area contributed by atoms with E-state index < -0.39 is 23.1 Å². The van der Waals surface area contributed by atoms with Gasteiger partial charge in [-0.3, -0.25) is 4.79 Å². The minimum absolute atomic E-state index is 0.0904. The molecule has 6 heteroatoms. The van der Waals surface area contributed by atoms with Crippen LogP contribution >= 0.6 is 11.6 Å². The minimum atomic E-state index is -4.52. The van der Waals surface area contributed by atoms with Gasteiger partial charge in [0.15, 0.2) is 0 Å². The molecule has 0 bridgehead atoms. The van der Waals surface area contributed by atoms with Crippen molar-refractivity contribution in [3.8, 4) is 0 Å². The van der Waals surface area contributed by atoms with Gasteiger partial charge in [0, 0.05) is 5.02 Å². The van der Waals surface area contributed by atoms with Crippen molar-refractivity contribution in [3.05, 3.63) is 34.3 Å². The molecule has 1 saturated carbocycles. The number of benzene rings is 1. The SMILES string of the molecule is O=C(O)C1(c2cc(Cl)cc(C(F)(F)F)c2)CCC1. The van der Waals surface area contributed by atoms with Crippen LogP contribution in [0.1, 0.15) is 30.4 Å². The first-order valence-electron chi connectivity index (χ1n) is 5.37. The topological polar surface area (TPSA) is 37.3 Å². The van der Waals surface area contributed by atoms with Gasteiger partial charge in [0.25, 0.3) is 0 Å². The summed E-state index contributed by atoms with van der Waals surface area (Å²) in [4.78, 5) is 11.3. The predicted octanol–water partition coefficient (Wildman–Crippen LogP) is 3.87. The third kappa shape index (κ3) is 2.07. The molecule has 18 heavy (non-hydrogen) atoms. The predicted molar refractivity (Wildman–Crippen MR) is 59.6 cm³/mol. The van der Waals surface area contributed by atoms with Gasteiger partial charge in [0.1, 0.15) is 0 Å². The number of halogens is 4. The molecule has 0 radical (unpaired) electrons. The third-order valence-electron chi connectivity index (χ3n) is 3.39. The number of alkyl halides is 3. The fourth-order valence-electron chi connectivity index (χ4n) is 2.19. The molecular formula is C12H10ClF3O2. The Labute approximate surface area is 106 Å². The number of carboxylic acids is 1. The summed E-state index contributed by atoms with van der Waals surface area (Å²) in [6, 6.07) is 3.00. The molecule has 2 nitrogen and oxygen atoms in total. The summed E-state index contributed by atoms with van der Waals surface area (Å²) in [6.45, 7) is 0. The maximum Gasteiger partial charge on any atom is 0.416 e. The van der Waals surface area contributed by atoms with E-state index >= 15 is 0 Å². The highest BCUT2D eigenvalue weighted by atomic mass is 35.5. The smallest absolute Gasteiger partial charge is 0.416 e. The van der Waals surface area contributed by atoms with Gasteiger partial charge in [-0.2, -0.15) is 13.2 Å². The second-order valence-electron chi connectivity index (χ2n) is 4.47. The Balaban J connectivity index is 2.52. The van der Waals surface area contributed by atoms with Crippen LogP contribution in [0, 0.1) is 0 Å². The Morgan fingerprint density at radius 1 is 1.28 bits per heavy atom. The number of rotatable bonds is 2. The summed E-state index contributed by atoms with van der Waals surface area (Å²) in [5.41, 5.74) is -1.97. The summed E-state index contributed by atoms with van der Waals surface area (Å²) in [7, 11) is 0. The van der Waals surface area contributed by atoms with Gasteiger partial charge in [0.2, 0.25) is 0 Å². The van der Waals surface area contributed by atoms with Gasteiger partial charge in [-0.1, -0.05) is 18.0 Å². The lowest BCUT2D eigenvalue weighted by Gasteiger charge is -2.38. The lowest BCUT2D eigenvalue weighted by Crippen LogP contribution is -2.42. The van der Waals surface area contributed by atoms with E-state index in [2.05, 4.69) is 0 Å². The second-order valence-corrected chi connectivity index (χ2v) is 4.90. The van der Waals surface area contributed by atoms with Crippen LogP contribution in [0.4, 0.5) is 13.2 Å². The molecule has 0 saturated heterocycles. The summed E-state index contributed by atoms with van der Waals surface area (Å²) in [5.74, 6) is -1.09. The number of carboxylic acid groups (broad SMARTS) is 1. The molecule has 1 aliphatic rings. The summed E-state index contributed by atoms with van der Waals surface area (Å²) in [5, 5.41) is 9.11. The Hall–Kier alpha value is -1.23. The first-order valence-corrected chi connectivity index (χ1v) is 5.75. The van der Waals surface area contributed by atoms with Gasteiger partial charge >= 0.3 is 12.1 Å². The summed E-state index contributed by atoms with van der Waals surface area (Å²) in [6.07, 6.45) is -3.14. The molecule has 0 unspecified atom stereocenters. The number of aliphatic carboxylic acids is 1. The van der Waals surface area contributed by atoms with Crippen LogP contribution < -0.4 is 0 Å². The van der Waals surface area contributed by atoms with Gasteiger partial charge in [-0.25, -0.2) is 0 Å². The van der Waals surface area contributed by atoms with Crippen LogP contribution in [-0.4, -0.2) is 11.1 Å². The van der Waals surface area contributed by atoms with E-state index in [1.54, 1.807) is 0 Å². The van der Waals surface area contributed by atoms with Crippen molar-refractivity contribution in [1.82, 2.24) is 0 Å². The Kier molecular flexibility index (Phi) is 3.05. The van der Waals surface area contributed by atoms with Crippen molar-refractivity contribution in [2.75, 3.05) is 0 Å². The molecule has 98 valence electrons. The molecule has 1 fully saturated rings. The number of hydrogen-bond acceptors (Lipinski definition) is 1. The maximum atomic E-state index is 12.7. The van der Waals surface area contributed by atoms with Gasteiger partial charge in [-0.05, 0) is 36.6 Å². The van der Waals surface area contributed by atoms with Crippen molar-refractivity contribution in [2.45, 2.75) is 30.9 Å². The van der Waals surface area contributed by atoms with E-state index in [9.17, 15) is 23.1 Å². The zero-order chi connectivity index (χ0) is 13.6. The molecule has 0 atom stereocenters. The van der Waals surface area contributed by atoms with E-state index in [0.29, 0.717) is 19.3 Å². The van der Waals surface area contributed by atoms with Crippen LogP contribution in [-0.2, 0) is 16.4 Å². The van der Waals surface area contributed by atoms with Crippen molar-refractivity contribution in [2.24, 2.45) is 0 Å². The van der Waals surface area contributed by atoms with Crippen LogP contribution in [0.2, 0.25) is 5.02 Å². The molecular weight excluding hydrogens is 269 g/mol. The summed E-state index contributed by atoms with van der Waals surface area (Å²) >= 11 is 5.65. The maximum absolute atomic E-state index is 12.7. The average Bonchev–Trinajstić information content (AvgIpc) is 2.12. The quantitative estimate of drug-likeness (QED) is 0.892. The molecule has 0 amide bonds. The van der Waals surface area contributed by atoms with Gasteiger partial charge in [0.05, 0.1) is 11.0 Å². The lowest BCUT2D eigenvalue weighted by atomic mass is 9.64. The Morgan fingerprint density at radius 2 is 1.89 bits per heavy atom. The van der Waals surface area contributed by atoms with Crippen molar-refractivity contribution in [1.29, 1.82) is 0 Å². The molecule has 0 aliphatic heterocycles. The highest BCUT2D eigenvalue weighted by Gasteiger charge is 2.47. The van der Waals surface area contributed by atoms with E-state index in [1.165, 1.54) is 6.07 Å². The van der Waals surface area contributed by atoms with Gasteiger partial charge in [-0.15, -0.1) is 0 Å². The van der Waals surface area contributed by atoms with Crippen LogP contribution in [0.15, 0.2) is 18.2 Å². The van der Waals surface area contributed by atoms with Gasteiger partial charge < -0.3 is 5.11 Å². The first-order chi connectivity index (χ1) is 8.25. The highest BCUT2D eigenvalue weighted by molar-refractivity contribution is 6.30. The fraction of sp³-hybridized carbons (Fsp3) is 0.417. The number of carbonyl (C=O) groups is 1. The molecule has 1 aromatic rings. The van der Waals surface area contributed by atoms with E-state index in [-0.39, 0.29) is 10.6 Å². The minimum Gasteiger partial charge on any atom is -0.481 e. The van der Waals surface area contributed by atoms with Crippen molar-refractivity contribution >= 4 is 17.6 Å². The van der Waals surface area contributed by atoms with Crippen LogP contribution in [0.5, 0.6) is 0 Å². The zero-order valence-corrected chi connectivity index (χ0v) is 9.98. The highest BCUT2D eigenvalue weighted by Crippen LogP contribution is 2.46. The molecule has 0 heterocycles. The average molecular weight is 279 g/mol. The lowest BCUT2D eigenvalue weighted by molar-refractivity contribution is -0.148. The van der Waals surface area contributed by atoms with Crippen LogP contribution in [0.25, 0.3) is 0 Å². The standard InChI is InChI=1S/C12H10ClF3O2/c13-9-5-7(4-8(6-9)12(14,15)16)11(10(17)18)2-1-3-11/h4-6H,1-3H2,(H,17,18). The zero-order valence-electron chi connectivity index (χ0n) is 9.22. The van der Waals surface area contributed by atoms with Crippen molar-refractivity contribution < 1.29 is 23.1 Å². The van der Waals surface area contributed by atoms with E-state index in [1.807, 2.05) is 0 Å². The monoisotopic (exact) mass is 278 g/mol. The molecule has 1 aliphatic carbocycles. The Bertz CT molecular complexity index is 493. The Morgan fingerprint density at radius 3 is 2.28 bits per heavy atom. The van der Waals surface area contributed by atoms with Crippen LogP contribution in [0.3, 0.4) is 0 Å². The van der Waals surface area contributed by atoms with E-state index in [4.69, 9.17) is 11.6 Å².